The van der Waals surface area contributed by atoms with Crippen molar-refractivity contribution in [3.63, 3.8) is 0 Å². The topological polar surface area (TPSA) is 82.8 Å². The van der Waals surface area contributed by atoms with Crippen molar-refractivity contribution in [1.82, 2.24) is 4.98 Å². The van der Waals surface area contributed by atoms with Crippen LogP contribution in [0.5, 0.6) is 0 Å². The van der Waals surface area contributed by atoms with E-state index >= 15 is 0 Å². The molecule has 2 aromatic rings. The van der Waals surface area contributed by atoms with Crippen molar-refractivity contribution >= 4 is 45.1 Å². The third-order valence-corrected chi connectivity index (χ3v) is 5.08. The van der Waals surface area contributed by atoms with E-state index in [1.807, 2.05) is 18.2 Å². The van der Waals surface area contributed by atoms with Gasteiger partial charge in [0.15, 0.2) is 5.78 Å². The van der Waals surface area contributed by atoms with Gasteiger partial charge in [-0.15, -0.1) is 0 Å². The summed E-state index contributed by atoms with van der Waals surface area (Å²) in [6.07, 6.45) is 0. The van der Waals surface area contributed by atoms with Crippen LogP contribution in [-0.4, -0.2) is 21.9 Å². The number of carbonyl (C=O) groups excluding carboxylic acids is 2. The van der Waals surface area contributed by atoms with Crippen molar-refractivity contribution in [1.29, 1.82) is 5.26 Å². The second kappa shape index (κ2) is 8.28. The number of benzene rings is 1. The normalized spacial score (nSPS) is 11.5. The summed E-state index contributed by atoms with van der Waals surface area (Å²) in [6, 6.07) is 10.9. The van der Waals surface area contributed by atoms with Gasteiger partial charge in [-0.25, -0.2) is 4.98 Å². The van der Waals surface area contributed by atoms with E-state index in [9.17, 15) is 14.9 Å². The van der Waals surface area contributed by atoms with Gasteiger partial charge in [-0.1, -0.05) is 27.7 Å². The number of Topliss-reactive ketones (excluding diaryl/α,β-unsaturated/α-hetero) is 1. The summed E-state index contributed by atoms with van der Waals surface area (Å²) in [4.78, 5) is 28.3. The Kier molecular flexibility index (Phi) is 6.34. The zero-order valence-electron chi connectivity index (χ0n) is 14.0. The van der Waals surface area contributed by atoms with Gasteiger partial charge < -0.3 is 5.32 Å². The molecule has 1 unspecified atom stereocenters. The molecule has 0 aliphatic heterocycles. The van der Waals surface area contributed by atoms with E-state index in [2.05, 4.69) is 26.2 Å². The number of ketones is 1. The molecule has 0 fully saturated rings. The minimum Gasteiger partial charge on any atom is -0.325 e. The summed E-state index contributed by atoms with van der Waals surface area (Å²) in [5, 5.41) is 12.1. The molecule has 0 saturated carbocycles. The number of nitriles is 1. The molecule has 2 rings (SSSR count). The number of thioether (sulfide) groups is 1. The molecule has 0 bridgehead atoms. The zero-order chi connectivity index (χ0) is 18.6. The quantitative estimate of drug-likeness (QED) is 0.577. The van der Waals surface area contributed by atoms with Crippen LogP contribution in [0.3, 0.4) is 0 Å². The van der Waals surface area contributed by atoms with E-state index in [0.29, 0.717) is 27.5 Å². The number of anilines is 1. The summed E-state index contributed by atoms with van der Waals surface area (Å²) >= 11 is 4.54. The Hall–Kier alpha value is -2.17. The van der Waals surface area contributed by atoms with Gasteiger partial charge in [-0.3, -0.25) is 9.59 Å². The summed E-state index contributed by atoms with van der Waals surface area (Å²) in [5.74, 6) is -0.328. The SMILES string of the molecule is CC(=O)c1cc(C#N)c(SC(C)C(=O)Nc2ccc(Br)cc2)nc1C. The van der Waals surface area contributed by atoms with Crippen molar-refractivity contribution in [3.8, 4) is 6.07 Å². The molecular formula is C18H16BrN3O2S. The number of pyridine rings is 1. The summed E-state index contributed by atoms with van der Waals surface area (Å²) in [7, 11) is 0. The van der Waals surface area contributed by atoms with Gasteiger partial charge in [0.1, 0.15) is 11.1 Å². The lowest BCUT2D eigenvalue weighted by atomic mass is 10.1. The molecule has 0 spiro atoms. The molecule has 0 radical (unpaired) electrons. The highest BCUT2D eigenvalue weighted by Gasteiger charge is 2.19. The minimum absolute atomic E-state index is 0.140. The first-order chi connectivity index (χ1) is 11.8. The van der Waals surface area contributed by atoms with Gasteiger partial charge in [-0.05, 0) is 51.1 Å². The fraction of sp³-hybridized carbons (Fsp3) is 0.222. The number of nitrogens with one attached hydrogen (secondary N) is 1. The highest BCUT2D eigenvalue weighted by atomic mass is 79.9. The monoisotopic (exact) mass is 417 g/mol. The molecule has 128 valence electrons. The molecule has 1 aromatic heterocycles. The Bertz CT molecular complexity index is 860. The van der Waals surface area contributed by atoms with Crippen LogP contribution in [0.2, 0.25) is 0 Å². The van der Waals surface area contributed by atoms with E-state index in [1.54, 1.807) is 26.0 Å². The van der Waals surface area contributed by atoms with Crippen LogP contribution < -0.4 is 5.32 Å². The summed E-state index contributed by atoms with van der Waals surface area (Å²) < 4.78 is 0.928. The van der Waals surface area contributed by atoms with Crippen molar-refractivity contribution in [2.24, 2.45) is 0 Å². The molecule has 1 atom stereocenters. The Morgan fingerprint density at radius 1 is 1.32 bits per heavy atom. The maximum absolute atomic E-state index is 12.4. The van der Waals surface area contributed by atoms with Gasteiger partial charge in [0.2, 0.25) is 5.91 Å². The number of carbonyl (C=O) groups is 2. The van der Waals surface area contributed by atoms with E-state index in [1.165, 1.54) is 24.8 Å². The Labute approximate surface area is 159 Å². The Morgan fingerprint density at radius 2 is 1.96 bits per heavy atom. The number of hydrogen-bond donors (Lipinski definition) is 1. The standard InChI is InChI=1S/C18H16BrN3O2S/c1-10-16(11(2)23)8-13(9-20)18(21-10)25-12(3)17(24)22-15-6-4-14(19)5-7-15/h4-8,12H,1-3H3,(H,22,24). The zero-order valence-corrected chi connectivity index (χ0v) is 16.4. The molecule has 1 amide bonds. The lowest BCUT2D eigenvalue weighted by molar-refractivity contribution is -0.115. The molecule has 5 nitrogen and oxygen atoms in total. The van der Waals surface area contributed by atoms with Crippen LogP contribution in [0.15, 0.2) is 39.8 Å². The number of aryl methyl sites for hydroxylation is 1. The van der Waals surface area contributed by atoms with E-state index in [4.69, 9.17) is 0 Å². The molecule has 7 heteroatoms. The van der Waals surface area contributed by atoms with Crippen LogP contribution in [0.4, 0.5) is 5.69 Å². The van der Waals surface area contributed by atoms with Crippen LogP contribution in [0, 0.1) is 18.3 Å². The second-order valence-corrected chi connectivity index (χ2v) is 7.64. The van der Waals surface area contributed by atoms with Crippen LogP contribution in [0.25, 0.3) is 0 Å². The number of amides is 1. The van der Waals surface area contributed by atoms with Crippen LogP contribution in [0.1, 0.15) is 35.5 Å². The third kappa shape index (κ3) is 4.91. The largest absolute Gasteiger partial charge is 0.325 e. The number of aromatic nitrogens is 1. The third-order valence-electron chi connectivity index (χ3n) is 3.45. The smallest absolute Gasteiger partial charge is 0.237 e. The lowest BCUT2D eigenvalue weighted by Crippen LogP contribution is -2.22. The van der Waals surface area contributed by atoms with Gasteiger partial charge >= 0.3 is 0 Å². The molecule has 25 heavy (non-hydrogen) atoms. The van der Waals surface area contributed by atoms with Crippen molar-refractivity contribution in [2.75, 3.05) is 5.32 Å². The van der Waals surface area contributed by atoms with E-state index in [-0.39, 0.29) is 11.7 Å². The number of hydrogen-bond acceptors (Lipinski definition) is 5. The van der Waals surface area contributed by atoms with Crippen LogP contribution >= 0.6 is 27.7 Å². The predicted octanol–water partition coefficient (Wildman–Crippen LogP) is 4.35. The maximum atomic E-state index is 12.4. The van der Waals surface area contributed by atoms with Gasteiger partial charge in [0, 0.05) is 21.4 Å². The van der Waals surface area contributed by atoms with Gasteiger partial charge in [-0.2, -0.15) is 5.26 Å². The fourth-order valence-corrected chi connectivity index (χ4v) is 3.29. The second-order valence-electron chi connectivity index (χ2n) is 5.40. The van der Waals surface area contributed by atoms with E-state index in [0.717, 1.165) is 4.47 Å². The predicted molar refractivity (Wildman–Crippen MR) is 102 cm³/mol. The van der Waals surface area contributed by atoms with Crippen molar-refractivity contribution in [2.45, 2.75) is 31.0 Å². The molecule has 0 aliphatic rings. The van der Waals surface area contributed by atoms with Crippen molar-refractivity contribution in [3.05, 3.63) is 51.6 Å². The molecule has 1 heterocycles. The molecule has 1 aromatic carbocycles. The highest BCUT2D eigenvalue weighted by molar-refractivity contribution is 9.10. The first-order valence-corrected chi connectivity index (χ1v) is 9.15. The summed E-state index contributed by atoms with van der Waals surface area (Å²) in [5.41, 5.74) is 1.96. The highest BCUT2D eigenvalue weighted by Crippen LogP contribution is 2.27. The Morgan fingerprint density at radius 3 is 2.52 bits per heavy atom. The average Bonchev–Trinajstić information content (AvgIpc) is 2.56. The fourth-order valence-electron chi connectivity index (χ4n) is 2.11. The number of rotatable bonds is 5. The molecule has 0 aliphatic carbocycles. The van der Waals surface area contributed by atoms with E-state index < -0.39 is 5.25 Å². The van der Waals surface area contributed by atoms with Gasteiger partial charge in [0.05, 0.1) is 10.8 Å². The lowest BCUT2D eigenvalue weighted by Gasteiger charge is -2.13. The first kappa shape index (κ1) is 19.2. The van der Waals surface area contributed by atoms with Crippen molar-refractivity contribution < 1.29 is 9.59 Å². The molecule has 1 N–H and O–H groups in total. The number of nitrogens with zero attached hydrogens (tertiary/aromatic N) is 2. The van der Waals surface area contributed by atoms with Gasteiger partial charge in [0.25, 0.3) is 0 Å². The molecular weight excluding hydrogens is 402 g/mol. The Balaban J connectivity index is 2.16. The minimum atomic E-state index is -0.453. The van der Waals surface area contributed by atoms with Crippen LogP contribution in [-0.2, 0) is 4.79 Å². The average molecular weight is 418 g/mol. The molecule has 0 saturated heterocycles. The first-order valence-electron chi connectivity index (χ1n) is 7.47. The maximum Gasteiger partial charge on any atom is 0.237 e. The summed E-state index contributed by atoms with van der Waals surface area (Å²) in [6.45, 7) is 4.90. The number of halogens is 1.